The van der Waals surface area contributed by atoms with Crippen LogP contribution in [0.5, 0.6) is 0 Å². The summed E-state index contributed by atoms with van der Waals surface area (Å²) < 4.78 is 6.15. The molecule has 1 spiro atoms. The number of rotatable bonds is 2. The average molecular weight is 357 g/mol. The largest absolute Gasteiger partial charge is 0.393 e. The van der Waals surface area contributed by atoms with Gasteiger partial charge in [-0.1, -0.05) is 25.5 Å². The SMILES string of the molecule is C[C@H]1C[C@@H]2C([C@@H](O)C[C@]34O[C@]3(C(=O)CN)CCC24)[C@@]2(C)C=CC(=O)C=C12. The molecule has 2 unspecified atom stereocenters. The summed E-state index contributed by atoms with van der Waals surface area (Å²) in [4.78, 5) is 24.4. The highest BCUT2D eigenvalue weighted by atomic mass is 16.6. The number of hydrogen-bond donors (Lipinski definition) is 2. The van der Waals surface area contributed by atoms with Gasteiger partial charge in [0.25, 0.3) is 0 Å². The molecule has 3 saturated carbocycles. The number of epoxide rings is 1. The molecule has 3 N–H and O–H groups in total. The molecule has 5 aliphatic rings. The van der Waals surface area contributed by atoms with E-state index in [1.165, 1.54) is 0 Å². The van der Waals surface area contributed by atoms with E-state index in [0.29, 0.717) is 18.3 Å². The van der Waals surface area contributed by atoms with Crippen LogP contribution in [0.25, 0.3) is 0 Å². The lowest BCUT2D eigenvalue weighted by atomic mass is 9.48. The van der Waals surface area contributed by atoms with Gasteiger partial charge in [-0.2, -0.15) is 0 Å². The molecule has 26 heavy (non-hydrogen) atoms. The normalized spacial score (nSPS) is 53.9. The number of carbonyl (C=O) groups is 2. The first-order valence-corrected chi connectivity index (χ1v) is 9.86. The fourth-order valence-electron chi connectivity index (χ4n) is 7.38. The number of aliphatic hydroxyl groups excluding tert-OH is 1. The number of Topliss-reactive ketones (excluding diaryl/α,β-unsaturated/α-hetero) is 1. The second kappa shape index (κ2) is 4.94. The van der Waals surface area contributed by atoms with Crippen molar-refractivity contribution < 1.29 is 19.4 Å². The Morgan fingerprint density at radius 3 is 2.96 bits per heavy atom. The molecule has 0 radical (unpaired) electrons. The van der Waals surface area contributed by atoms with E-state index >= 15 is 0 Å². The van der Waals surface area contributed by atoms with Crippen LogP contribution in [-0.2, 0) is 14.3 Å². The molecule has 140 valence electrons. The van der Waals surface area contributed by atoms with E-state index in [9.17, 15) is 14.7 Å². The Kier molecular flexibility index (Phi) is 3.20. The van der Waals surface area contributed by atoms with Gasteiger partial charge in [0.05, 0.1) is 12.6 Å². The molecule has 0 aromatic carbocycles. The van der Waals surface area contributed by atoms with Crippen molar-refractivity contribution >= 4 is 11.6 Å². The van der Waals surface area contributed by atoms with Gasteiger partial charge < -0.3 is 15.6 Å². The van der Waals surface area contributed by atoms with E-state index < -0.39 is 17.3 Å². The first-order chi connectivity index (χ1) is 12.3. The second-order valence-corrected chi connectivity index (χ2v) is 9.31. The van der Waals surface area contributed by atoms with Crippen molar-refractivity contribution in [3.8, 4) is 0 Å². The molecule has 0 aromatic rings. The van der Waals surface area contributed by atoms with Gasteiger partial charge in [0.15, 0.2) is 17.2 Å². The first kappa shape index (κ1) is 16.8. The van der Waals surface area contributed by atoms with Crippen LogP contribution in [0.3, 0.4) is 0 Å². The van der Waals surface area contributed by atoms with Crippen molar-refractivity contribution in [2.24, 2.45) is 34.8 Å². The molecule has 5 rings (SSSR count). The predicted molar refractivity (Wildman–Crippen MR) is 95.1 cm³/mol. The van der Waals surface area contributed by atoms with Crippen molar-refractivity contribution in [1.82, 2.24) is 0 Å². The molecule has 0 aromatic heterocycles. The summed E-state index contributed by atoms with van der Waals surface area (Å²) in [6.07, 6.45) is 8.04. The number of hydrogen-bond acceptors (Lipinski definition) is 5. The summed E-state index contributed by atoms with van der Waals surface area (Å²) >= 11 is 0. The van der Waals surface area contributed by atoms with E-state index in [4.69, 9.17) is 10.5 Å². The molecule has 8 atom stereocenters. The molecule has 1 saturated heterocycles. The molecular formula is C21H27NO4. The van der Waals surface area contributed by atoms with Gasteiger partial charge in [-0.15, -0.1) is 0 Å². The van der Waals surface area contributed by atoms with Crippen molar-refractivity contribution in [3.05, 3.63) is 23.8 Å². The van der Waals surface area contributed by atoms with E-state index in [-0.39, 0.29) is 35.4 Å². The number of aliphatic hydroxyl groups is 1. The smallest absolute Gasteiger partial charge is 0.181 e. The summed E-state index contributed by atoms with van der Waals surface area (Å²) in [7, 11) is 0. The fourth-order valence-corrected chi connectivity index (χ4v) is 7.38. The van der Waals surface area contributed by atoms with Crippen LogP contribution >= 0.6 is 0 Å². The Balaban J connectivity index is 1.56. The Bertz CT molecular complexity index is 772. The minimum atomic E-state index is -0.739. The van der Waals surface area contributed by atoms with Gasteiger partial charge in [0, 0.05) is 17.8 Å². The van der Waals surface area contributed by atoms with Gasteiger partial charge in [0.2, 0.25) is 0 Å². The maximum atomic E-state index is 12.5. The highest BCUT2D eigenvalue weighted by Crippen LogP contribution is 2.73. The number of nitrogens with two attached hydrogens (primary N) is 1. The van der Waals surface area contributed by atoms with Gasteiger partial charge in [-0.3, -0.25) is 9.59 Å². The number of carbonyl (C=O) groups excluding carboxylic acids is 2. The number of ether oxygens (including phenoxy) is 1. The van der Waals surface area contributed by atoms with Crippen molar-refractivity contribution in [2.45, 2.75) is 56.8 Å². The highest BCUT2D eigenvalue weighted by Gasteiger charge is 2.83. The zero-order valence-electron chi connectivity index (χ0n) is 15.4. The van der Waals surface area contributed by atoms with Crippen molar-refractivity contribution in [3.63, 3.8) is 0 Å². The summed E-state index contributed by atoms with van der Waals surface area (Å²) in [5.74, 6) is 0.976. The topological polar surface area (TPSA) is 92.9 Å². The lowest BCUT2D eigenvalue weighted by Crippen LogP contribution is -2.57. The Morgan fingerprint density at radius 2 is 2.23 bits per heavy atom. The minimum Gasteiger partial charge on any atom is -0.393 e. The number of fused-ring (bicyclic) bond motifs is 4. The van der Waals surface area contributed by atoms with Crippen LogP contribution in [0.4, 0.5) is 0 Å². The van der Waals surface area contributed by atoms with Crippen LogP contribution < -0.4 is 5.73 Å². The standard InChI is InChI=1S/C21H27NO4/c1-11-7-13-14-4-6-20(17(25)10-22)21(14,26-20)9-16(24)18(13)19(2)5-3-12(23)8-15(11)19/h3,5,8,11,13-14,16,18,24H,4,6-7,9-10,22H2,1-2H3/t11-,13-,14?,16-,18?,19-,20-,21+/m0/s1. The fraction of sp³-hybridized carbons (Fsp3) is 0.714. The van der Waals surface area contributed by atoms with Gasteiger partial charge in [0.1, 0.15) is 5.60 Å². The van der Waals surface area contributed by atoms with Gasteiger partial charge >= 0.3 is 0 Å². The summed E-state index contributed by atoms with van der Waals surface area (Å²) in [6, 6.07) is 0. The van der Waals surface area contributed by atoms with Crippen molar-refractivity contribution in [2.75, 3.05) is 6.54 Å². The lowest BCUT2D eigenvalue weighted by Gasteiger charge is -2.57. The monoisotopic (exact) mass is 357 g/mol. The van der Waals surface area contributed by atoms with E-state index in [1.54, 1.807) is 12.2 Å². The molecule has 0 bridgehead atoms. The summed E-state index contributed by atoms with van der Waals surface area (Å²) in [5, 5.41) is 11.2. The molecule has 1 aliphatic heterocycles. The van der Waals surface area contributed by atoms with Crippen molar-refractivity contribution in [1.29, 1.82) is 0 Å². The maximum Gasteiger partial charge on any atom is 0.181 e. The molecule has 4 fully saturated rings. The van der Waals surface area contributed by atoms with E-state index in [2.05, 4.69) is 13.8 Å². The Hall–Kier alpha value is -1.30. The third-order valence-corrected chi connectivity index (χ3v) is 8.31. The second-order valence-electron chi connectivity index (χ2n) is 9.31. The molecule has 5 heteroatoms. The minimum absolute atomic E-state index is 0.00448. The number of ketones is 2. The molecular weight excluding hydrogens is 330 g/mol. The van der Waals surface area contributed by atoms with E-state index in [1.807, 2.05) is 6.08 Å². The first-order valence-electron chi connectivity index (χ1n) is 9.86. The van der Waals surface area contributed by atoms with E-state index in [0.717, 1.165) is 24.8 Å². The lowest BCUT2D eigenvalue weighted by molar-refractivity contribution is -0.122. The Morgan fingerprint density at radius 1 is 1.46 bits per heavy atom. The van der Waals surface area contributed by atoms with Crippen LogP contribution in [-0.4, -0.2) is 40.5 Å². The zero-order valence-corrected chi connectivity index (χ0v) is 15.4. The third-order valence-electron chi connectivity index (χ3n) is 8.31. The third kappa shape index (κ3) is 1.73. The zero-order chi connectivity index (χ0) is 18.5. The maximum absolute atomic E-state index is 12.5. The molecule has 1 heterocycles. The van der Waals surface area contributed by atoms with Crippen LogP contribution in [0, 0.1) is 29.1 Å². The molecule has 4 aliphatic carbocycles. The van der Waals surface area contributed by atoms with Crippen LogP contribution in [0.15, 0.2) is 23.8 Å². The number of allylic oxidation sites excluding steroid dienone is 4. The molecule has 5 nitrogen and oxygen atoms in total. The van der Waals surface area contributed by atoms with Crippen LogP contribution in [0.1, 0.15) is 39.5 Å². The molecule has 0 amide bonds. The van der Waals surface area contributed by atoms with Gasteiger partial charge in [-0.05, 0) is 49.2 Å². The quantitative estimate of drug-likeness (QED) is 0.731. The van der Waals surface area contributed by atoms with Crippen LogP contribution in [0.2, 0.25) is 0 Å². The summed E-state index contributed by atoms with van der Waals surface area (Å²) in [6.45, 7) is 4.35. The van der Waals surface area contributed by atoms with Gasteiger partial charge in [-0.25, -0.2) is 0 Å². The average Bonchev–Trinajstić information content (AvgIpc) is 3.12. The Labute approximate surface area is 153 Å². The predicted octanol–water partition coefficient (Wildman–Crippen LogP) is 1.54. The summed E-state index contributed by atoms with van der Waals surface area (Å²) in [5.41, 5.74) is 5.26. The highest BCUT2D eigenvalue weighted by molar-refractivity contribution is 6.01.